The Balaban J connectivity index is 1.96. The van der Waals surface area contributed by atoms with E-state index in [2.05, 4.69) is 0 Å². The smallest absolute Gasteiger partial charge is 0.293 e. The highest BCUT2D eigenvalue weighted by Gasteiger charge is 2.37. The molecule has 2 amide bonds. The van der Waals surface area contributed by atoms with Gasteiger partial charge >= 0.3 is 0 Å². The van der Waals surface area contributed by atoms with Crippen LogP contribution in [0.2, 0.25) is 0 Å². The summed E-state index contributed by atoms with van der Waals surface area (Å²) in [5.41, 5.74) is 0.691. The molecule has 0 spiro atoms. The lowest BCUT2D eigenvalue weighted by Gasteiger charge is -2.19. The Morgan fingerprint density at radius 2 is 2.00 bits per heavy atom. The zero-order valence-corrected chi connectivity index (χ0v) is 14.6. The normalized spacial score (nSPS) is 19.3. The fourth-order valence-corrected chi connectivity index (χ4v) is 3.44. The third-order valence-corrected chi connectivity index (χ3v) is 4.83. The summed E-state index contributed by atoms with van der Waals surface area (Å²) in [6, 6.07) is 3.40. The van der Waals surface area contributed by atoms with Gasteiger partial charge in [-0.3, -0.25) is 14.5 Å². The largest absolute Gasteiger partial charge is 0.493 e. The summed E-state index contributed by atoms with van der Waals surface area (Å²) in [6.07, 6.45) is 2.40. The first-order valence-corrected chi connectivity index (χ1v) is 8.70. The van der Waals surface area contributed by atoms with Crippen LogP contribution in [0.5, 0.6) is 17.2 Å². The first-order valence-electron chi connectivity index (χ1n) is 7.88. The maximum Gasteiger partial charge on any atom is 0.293 e. The molecule has 1 aromatic carbocycles. The second-order valence-corrected chi connectivity index (χ2v) is 6.48. The summed E-state index contributed by atoms with van der Waals surface area (Å²) in [4.78, 5) is 26.4. The standard InChI is InChI=1S/C17H19NO5S/c1-4-10(3)18-16(19)15(24-17(18)20)7-11-6-13-14(23-9-22-13)8-12(11)21-5-2/h6-8,10H,4-5,9H2,1-3H3. The molecule has 0 bridgehead atoms. The van der Waals surface area contributed by atoms with Crippen molar-refractivity contribution in [1.82, 2.24) is 4.90 Å². The second-order valence-electron chi connectivity index (χ2n) is 5.49. The molecule has 0 aromatic heterocycles. The molecule has 7 heteroatoms. The van der Waals surface area contributed by atoms with E-state index in [9.17, 15) is 9.59 Å². The van der Waals surface area contributed by atoms with Gasteiger partial charge in [-0.25, -0.2) is 0 Å². The lowest BCUT2D eigenvalue weighted by atomic mass is 10.1. The van der Waals surface area contributed by atoms with Crippen LogP contribution in [0, 0.1) is 0 Å². The van der Waals surface area contributed by atoms with E-state index < -0.39 is 0 Å². The van der Waals surface area contributed by atoms with Gasteiger partial charge in [-0.1, -0.05) is 6.92 Å². The highest BCUT2D eigenvalue weighted by Crippen LogP contribution is 2.41. The Kier molecular flexibility index (Phi) is 4.71. The minimum atomic E-state index is -0.264. The Morgan fingerprint density at radius 1 is 1.29 bits per heavy atom. The van der Waals surface area contributed by atoms with Crippen molar-refractivity contribution in [2.45, 2.75) is 33.2 Å². The van der Waals surface area contributed by atoms with Crippen LogP contribution >= 0.6 is 11.8 Å². The summed E-state index contributed by atoms with van der Waals surface area (Å²) in [5, 5.41) is -0.237. The van der Waals surface area contributed by atoms with Crippen molar-refractivity contribution in [3.63, 3.8) is 0 Å². The molecule has 0 radical (unpaired) electrons. The molecular weight excluding hydrogens is 330 g/mol. The van der Waals surface area contributed by atoms with Gasteiger partial charge in [0.25, 0.3) is 11.1 Å². The van der Waals surface area contributed by atoms with Crippen LogP contribution in [0.25, 0.3) is 6.08 Å². The van der Waals surface area contributed by atoms with Crippen molar-refractivity contribution in [3.8, 4) is 17.2 Å². The van der Waals surface area contributed by atoms with Crippen molar-refractivity contribution in [1.29, 1.82) is 0 Å². The van der Waals surface area contributed by atoms with Crippen molar-refractivity contribution in [2.75, 3.05) is 13.4 Å². The molecular formula is C17H19NO5S. The third-order valence-electron chi connectivity index (χ3n) is 3.95. The minimum Gasteiger partial charge on any atom is -0.493 e. The Labute approximate surface area is 144 Å². The summed E-state index contributed by atoms with van der Waals surface area (Å²) in [5.74, 6) is 1.55. The second kappa shape index (κ2) is 6.76. The maximum absolute atomic E-state index is 12.5. The van der Waals surface area contributed by atoms with Crippen LogP contribution in [-0.4, -0.2) is 35.5 Å². The molecule has 3 rings (SSSR count). The SMILES string of the molecule is CCOc1cc2c(cc1C=C1SC(=O)N(C(C)CC)C1=O)OCO2. The van der Waals surface area contributed by atoms with Gasteiger partial charge in [0.15, 0.2) is 11.5 Å². The van der Waals surface area contributed by atoms with E-state index in [-0.39, 0.29) is 24.0 Å². The summed E-state index contributed by atoms with van der Waals surface area (Å²) in [7, 11) is 0. The molecule has 2 aliphatic heterocycles. The first kappa shape index (κ1) is 16.7. The van der Waals surface area contributed by atoms with Crippen molar-refractivity contribution in [2.24, 2.45) is 0 Å². The van der Waals surface area contributed by atoms with Crippen molar-refractivity contribution in [3.05, 3.63) is 22.6 Å². The van der Waals surface area contributed by atoms with E-state index in [1.54, 1.807) is 18.2 Å². The number of benzene rings is 1. The number of rotatable bonds is 5. The Morgan fingerprint density at radius 3 is 2.67 bits per heavy atom. The molecule has 24 heavy (non-hydrogen) atoms. The molecule has 1 atom stereocenters. The number of amides is 2. The quantitative estimate of drug-likeness (QED) is 0.756. The monoisotopic (exact) mass is 349 g/mol. The zero-order valence-electron chi connectivity index (χ0n) is 13.8. The molecule has 2 aliphatic rings. The van der Waals surface area contributed by atoms with E-state index in [1.165, 1.54) is 4.90 Å². The molecule has 0 N–H and O–H groups in total. The summed E-state index contributed by atoms with van der Waals surface area (Å²) < 4.78 is 16.4. The third kappa shape index (κ3) is 2.96. The van der Waals surface area contributed by atoms with Crippen molar-refractivity contribution >= 4 is 29.0 Å². The number of carbonyl (C=O) groups excluding carboxylic acids is 2. The molecule has 2 heterocycles. The van der Waals surface area contributed by atoms with Crippen LogP contribution in [-0.2, 0) is 4.79 Å². The molecule has 1 unspecified atom stereocenters. The minimum absolute atomic E-state index is 0.119. The van der Waals surface area contributed by atoms with Crippen molar-refractivity contribution < 1.29 is 23.8 Å². The Bertz CT molecular complexity index is 715. The zero-order chi connectivity index (χ0) is 17.3. The molecule has 1 aromatic rings. The number of carbonyl (C=O) groups is 2. The van der Waals surface area contributed by atoms with E-state index in [0.717, 1.165) is 18.2 Å². The number of ether oxygens (including phenoxy) is 3. The van der Waals surface area contributed by atoms with Gasteiger partial charge in [-0.15, -0.1) is 0 Å². The van der Waals surface area contributed by atoms with Gasteiger partial charge in [-0.2, -0.15) is 0 Å². The molecule has 1 fully saturated rings. The number of nitrogens with zero attached hydrogens (tertiary/aromatic N) is 1. The van der Waals surface area contributed by atoms with Crippen LogP contribution in [0.15, 0.2) is 17.0 Å². The van der Waals surface area contributed by atoms with E-state index in [4.69, 9.17) is 14.2 Å². The fourth-order valence-electron chi connectivity index (χ4n) is 2.52. The lowest BCUT2D eigenvalue weighted by Crippen LogP contribution is -2.36. The number of thioether (sulfide) groups is 1. The van der Waals surface area contributed by atoms with Crippen LogP contribution in [0.4, 0.5) is 4.79 Å². The molecule has 0 aliphatic carbocycles. The van der Waals surface area contributed by atoms with Gasteiger partial charge in [0, 0.05) is 17.7 Å². The summed E-state index contributed by atoms with van der Waals surface area (Å²) >= 11 is 0.951. The number of imide groups is 1. The maximum atomic E-state index is 12.5. The van der Waals surface area contributed by atoms with Gasteiger partial charge < -0.3 is 14.2 Å². The molecule has 6 nitrogen and oxygen atoms in total. The van der Waals surface area contributed by atoms with Gasteiger partial charge in [0.1, 0.15) is 5.75 Å². The van der Waals surface area contributed by atoms with E-state index in [0.29, 0.717) is 34.3 Å². The van der Waals surface area contributed by atoms with Gasteiger partial charge in [-0.05, 0) is 44.2 Å². The average Bonchev–Trinajstić information content (AvgIpc) is 3.11. The van der Waals surface area contributed by atoms with Gasteiger partial charge in [0.05, 0.1) is 11.5 Å². The van der Waals surface area contributed by atoms with Crippen LogP contribution in [0.1, 0.15) is 32.8 Å². The lowest BCUT2D eigenvalue weighted by molar-refractivity contribution is -0.124. The van der Waals surface area contributed by atoms with Crippen LogP contribution in [0.3, 0.4) is 0 Å². The van der Waals surface area contributed by atoms with Crippen LogP contribution < -0.4 is 14.2 Å². The molecule has 128 valence electrons. The average molecular weight is 349 g/mol. The predicted octanol–water partition coefficient (Wildman–Crippen LogP) is 3.65. The highest BCUT2D eigenvalue weighted by atomic mass is 32.2. The van der Waals surface area contributed by atoms with E-state index in [1.807, 2.05) is 20.8 Å². The number of hydrogen-bond acceptors (Lipinski definition) is 6. The molecule has 1 saturated heterocycles. The number of fused-ring (bicyclic) bond motifs is 1. The predicted molar refractivity (Wildman–Crippen MR) is 91.3 cm³/mol. The number of hydrogen-bond donors (Lipinski definition) is 0. The highest BCUT2D eigenvalue weighted by molar-refractivity contribution is 8.18. The first-order chi connectivity index (χ1) is 11.5. The fraction of sp³-hybridized carbons (Fsp3) is 0.412. The summed E-state index contributed by atoms with van der Waals surface area (Å²) in [6.45, 7) is 6.34. The van der Waals surface area contributed by atoms with E-state index >= 15 is 0 Å². The molecule has 0 saturated carbocycles. The topological polar surface area (TPSA) is 65.1 Å². The van der Waals surface area contributed by atoms with Gasteiger partial charge in [0.2, 0.25) is 6.79 Å². The Hall–Kier alpha value is -2.15.